The molecule has 0 saturated heterocycles. The topological polar surface area (TPSA) is 34.4 Å². The van der Waals surface area contributed by atoms with Crippen molar-refractivity contribution in [2.45, 2.75) is 12.6 Å². The second-order valence-electron chi connectivity index (χ2n) is 4.17. The minimum absolute atomic E-state index is 0.0178. The van der Waals surface area contributed by atoms with Crippen molar-refractivity contribution >= 4 is 17.2 Å². The molecule has 20 heavy (non-hydrogen) atoms. The molecule has 0 bridgehead atoms. The van der Waals surface area contributed by atoms with Crippen molar-refractivity contribution in [3.8, 4) is 0 Å². The molecule has 0 spiro atoms. The molecule has 0 aliphatic carbocycles. The summed E-state index contributed by atoms with van der Waals surface area (Å²) in [7, 11) is 1.76. The number of aryl methyl sites for hydroxylation is 1. The Balaban J connectivity index is 2.11. The van der Waals surface area contributed by atoms with E-state index in [9.17, 15) is 18.0 Å². The van der Waals surface area contributed by atoms with Crippen molar-refractivity contribution < 1.29 is 18.0 Å². The Labute approximate surface area is 117 Å². The van der Waals surface area contributed by atoms with E-state index in [1.54, 1.807) is 23.2 Å². The summed E-state index contributed by atoms with van der Waals surface area (Å²) in [4.78, 5) is 16.2. The lowest BCUT2D eigenvalue weighted by Gasteiger charge is -2.06. The molecule has 1 heterocycles. The fourth-order valence-corrected chi connectivity index (χ4v) is 2.31. The van der Waals surface area contributed by atoms with E-state index in [1.165, 1.54) is 23.5 Å². The van der Waals surface area contributed by atoms with Crippen LogP contribution in [-0.2, 0) is 24.4 Å². The normalized spacial score (nSPS) is 12.7. The molecule has 0 aliphatic rings. The summed E-state index contributed by atoms with van der Waals surface area (Å²) < 4.78 is 38.9. The zero-order chi connectivity index (χ0) is 14.8. The van der Waals surface area contributed by atoms with E-state index in [0.29, 0.717) is 10.4 Å². The van der Waals surface area contributed by atoms with Gasteiger partial charge in [0, 0.05) is 18.6 Å². The van der Waals surface area contributed by atoms with Gasteiger partial charge in [0.25, 0.3) is 5.91 Å². The number of benzene rings is 1. The van der Waals surface area contributed by atoms with E-state index in [4.69, 9.17) is 0 Å². The molecule has 7 heteroatoms. The second-order valence-corrected chi connectivity index (χ2v) is 5.05. The van der Waals surface area contributed by atoms with E-state index in [1.807, 2.05) is 0 Å². The predicted molar refractivity (Wildman–Crippen MR) is 69.0 cm³/mol. The van der Waals surface area contributed by atoms with E-state index in [0.717, 1.165) is 12.1 Å². The van der Waals surface area contributed by atoms with Crippen LogP contribution < -0.4 is 4.80 Å². The van der Waals surface area contributed by atoms with Gasteiger partial charge in [-0.3, -0.25) is 4.79 Å². The Morgan fingerprint density at radius 3 is 2.45 bits per heavy atom. The molecule has 1 amide bonds. The Bertz CT molecular complexity index is 668. The van der Waals surface area contributed by atoms with Gasteiger partial charge in [-0.15, -0.1) is 11.3 Å². The second kappa shape index (κ2) is 5.62. The molecule has 3 nitrogen and oxygen atoms in total. The van der Waals surface area contributed by atoms with Gasteiger partial charge in [-0.1, -0.05) is 12.1 Å². The summed E-state index contributed by atoms with van der Waals surface area (Å²) in [5, 5.41) is 1.80. The third kappa shape index (κ3) is 3.57. The Hall–Kier alpha value is -1.89. The number of rotatable bonds is 2. The molecule has 1 aromatic carbocycles. The molecule has 1 aromatic heterocycles. The fourth-order valence-electron chi connectivity index (χ4n) is 1.57. The maximum absolute atomic E-state index is 12.4. The van der Waals surface area contributed by atoms with Crippen molar-refractivity contribution in [1.29, 1.82) is 0 Å². The first kappa shape index (κ1) is 14.5. The molecule has 0 N–H and O–H groups in total. The number of nitrogens with zero attached hydrogens (tertiary/aromatic N) is 2. The number of thiazole rings is 1. The Morgan fingerprint density at radius 2 is 1.95 bits per heavy atom. The fraction of sp³-hybridized carbons (Fsp3) is 0.231. The molecule has 106 valence electrons. The maximum atomic E-state index is 12.4. The molecule has 0 aliphatic heterocycles. The minimum atomic E-state index is -4.36. The van der Waals surface area contributed by atoms with Gasteiger partial charge in [0.2, 0.25) is 0 Å². The molecule has 2 aromatic rings. The standard InChI is InChI=1S/C13H11F3N2OS/c1-18-6-7-20-12(18)17-11(19)8-9-2-4-10(5-3-9)13(14,15)16/h2-7H,8H2,1H3. The van der Waals surface area contributed by atoms with E-state index < -0.39 is 11.7 Å². The molecular weight excluding hydrogens is 289 g/mol. The highest BCUT2D eigenvalue weighted by atomic mass is 32.1. The number of carbonyl (C=O) groups is 1. The molecule has 0 fully saturated rings. The first-order valence-corrected chi connectivity index (χ1v) is 6.58. The summed E-state index contributed by atoms with van der Waals surface area (Å²) in [5.41, 5.74) is -0.221. The zero-order valence-corrected chi connectivity index (χ0v) is 11.3. The quantitative estimate of drug-likeness (QED) is 0.840. The number of alkyl halides is 3. The monoisotopic (exact) mass is 300 g/mol. The number of aromatic nitrogens is 1. The van der Waals surface area contributed by atoms with Crippen LogP contribution in [0.15, 0.2) is 40.8 Å². The van der Waals surface area contributed by atoms with Crippen LogP contribution in [0.25, 0.3) is 0 Å². The number of halogens is 3. The van der Waals surface area contributed by atoms with Crippen LogP contribution in [0.2, 0.25) is 0 Å². The van der Waals surface area contributed by atoms with Crippen molar-refractivity contribution in [1.82, 2.24) is 4.57 Å². The highest BCUT2D eigenvalue weighted by Crippen LogP contribution is 2.29. The molecule has 0 radical (unpaired) electrons. The van der Waals surface area contributed by atoms with E-state index in [-0.39, 0.29) is 12.3 Å². The Morgan fingerprint density at radius 1 is 1.30 bits per heavy atom. The van der Waals surface area contributed by atoms with Crippen LogP contribution in [0.5, 0.6) is 0 Å². The van der Waals surface area contributed by atoms with Crippen molar-refractivity contribution in [2.24, 2.45) is 12.0 Å². The van der Waals surface area contributed by atoms with Gasteiger partial charge in [-0.05, 0) is 17.7 Å². The highest BCUT2D eigenvalue weighted by molar-refractivity contribution is 7.07. The Kier molecular flexibility index (Phi) is 4.08. The van der Waals surface area contributed by atoms with Crippen LogP contribution in [-0.4, -0.2) is 10.5 Å². The van der Waals surface area contributed by atoms with Gasteiger partial charge in [-0.25, -0.2) is 0 Å². The van der Waals surface area contributed by atoms with Crippen molar-refractivity contribution in [3.05, 3.63) is 51.8 Å². The van der Waals surface area contributed by atoms with Gasteiger partial charge in [0.05, 0.1) is 12.0 Å². The average molecular weight is 300 g/mol. The summed E-state index contributed by atoms with van der Waals surface area (Å²) >= 11 is 1.32. The number of amides is 1. The first-order valence-electron chi connectivity index (χ1n) is 5.70. The third-order valence-electron chi connectivity index (χ3n) is 2.62. The van der Waals surface area contributed by atoms with Crippen LogP contribution in [0.3, 0.4) is 0 Å². The van der Waals surface area contributed by atoms with Crippen LogP contribution >= 0.6 is 11.3 Å². The zero-order valence-electron chi connectivity index (χ0n) is 10.5. The van der Waals surface area contributed by atoms with Crippen LogP contribution in [0, 0.1) is 0 Å². The lowest BCUT2D eigenvalue weighted by Crippen LogP contribution is -2.13. The highest BCUT2D eigenvalue weighted by Gasteiger charge is 2.29. The molecule has 0 saturated carbocycles. The SMILES string of the molecule is Cn1ccsc1=NC(=O)Cc1ccc(C(F)(F)F)cc1. The van der Waals surface area contributed by atoms with Gasteiger partial charge < -0.3 is 4.57 Å². The van der Waals surface area contributed by atoms with Gasteiger partial charge >= 0.3 is 6.18 Å². The molecule has 0 atom stereocenters. The lowest BCUT2D eigenvalue weighted by atomic mass is 10.1. The summed E-state index contributed by atoms with van der Waals surface area (Å²) in [6.45, 7) is 0. The number of hydrogen-bond acceptors (Lipinski definition) is 2. The van der Waals surface area contributed by atoms with Gasteiger partial charge in [0.15, 0.2) is 4.80 Å². The number of carbonyl (C=O) groups excluding carboxylic acids is 1. The van der Waals surface area contributed by atoms with Gasteiger partial charge in [0.1, 0.15) is 0 Å². The van der Waals surface area contributed by atoms with Crippen molar-refractivity contribution in [3.63, 3.8) is 0 Å². The lowest BCUT2D eigenvalue weighted by molar-refractivity contribution is -0.137. The summed E-state index contributed by atoms with van der Waals surface area (Å²) in [5.74, 6) is -0.386. The predicted octanol–water partition coefficient (Wildman–Crippen LogP) is 2.78. The van der Waals surface area contributed by atoms with Crippen LogP contribution in [0.4, 0.5) is 13.2 Å². The first-order chi connectivity index (χ1) is 9.36. The molecule has 0 unspecified atom stereocenters. The minimum Gasteiger partial charge on any atom is -0.327 e. The van der Waals surface area contributed by atoms with E-state index in [2.05, 4.69) is 4.99 Å². The smallest absolute Gasteiger partial charge is 0.327 e. The number of hydrogen-bond donors (Lipinski definition) is 0. The van der Waals surface area contributed by atoms with E-state index >= 15 is 0 Å². The molecule has 2 rings (SSSR count). The summed E-state index contributed by atoms with van der Waals surface area (Å²) in [6, 6.07) is 4.52. The average Bonchev–Trinajstić information content (AvgIpc) is 2.74. The van der Waals surface area contributed by atoms with Crippen LogP contribution in [0.1, 0.15) is 11.1 Å². The maximum Gasteiger partial charge on any atom is 0.416 e. The van der Waals surface area contributed by atoms with Crippen molar-refractivity contribution in [2.75, 3.05) is 0 Å². The largest absolute Gasteiger partial charge is 0.416 e. The van der Waals surface area contributed by atoms with Gasteiger partial charge in [-0.2, -0.15) is 18.2 Å². The summed E-state index contributed by atoms with van der Waals surface area (Å²) in [6.07, 6.45) is -2.61. The molecular formula is C13H11F3N2OS. The third-order valence-corrected chi connectivity index (χ3v) is 3.46.